The molecule has 0 N–H and O–H groups in total. The number of pyridine rings is 2. The van der Waals surface area contributed by atoms with Crippen LogP contribution < -0.4 is 0 Å². The van der Waals surface area contributed by atoms with Crippen LogP contribution in [0.4, 0.5) is 0 Å². The van der Waals surface area contributed by atoms with Gasteiger partial charge in [-0.05, 0) is 118 Å². The fourth-order valence-corrected chi connectivity index (χ4v) is 11.5. The number of aromatic nitrogens is 2. The number of hydrogen-bond donors (Lipinski definition) is 0. The molecule has 0 spiro atoms. The van der Waals surface area contributed by atoms with Crippen molar-refractivity contribution < 1.29 is 0 Å². The van der Waals surface area contributed by atoms with Gasteiger partial charge in [0.15, 0.2) is 0 Å². The van der Waals surface area contributed by atoms with E-state index in [0.717, 1.165) is 44.3 Å². The lowest BCUT2D eigenvalue weighted by Gasteiger charge is -2.35. The van der Waals surface area contributed by atoms with E-state index in [2.05, 4.69) is 237 Å². The summed E-state index contributed by atoms with van der Waals surface area (Å²) in [6, 6.07) is 89.1. The molecule has 0 saturated carbocycles. The summed E-state index contributed by atoms with van der Waals surface area (Å²) in [4.78, 5) is 10.7. The average Bonchev–Trinajstić information content (AvgIpc) is 3.71. The number of hydrogen-bond acceptors (Lipinski definition) is 2. The van der Waals surface area contributed by atoms with Crippen molar-refractivity contribution in [3.63, 3.8) is 0 Å². The second-order valence-electron chi connectivity index (χ2n) is 18.0. The number of nitrogens with zero attached hydrogens (tertiary/aromatic N) is 2. The maximum absolute atomic E-state index is 5.48. The van der Waals surface area contributed by atoms with Gasteiger partial charge in [-0.15, -0.1) is 0 Å². The molecular formula is C65H40N2. The van der Waals surface area contributed by atoms with Crippen LogP contribution in [0.1, 0.15) is 22.3 Å². The van der Waals surface area contributed by atoms with E-state index >= 15 is 0 Å². The molecule has 1 aliphatic carbocycles. The zero-order valence-corrected chi connectivity index (χ0v) is 36.5. The van der Waals surface area contributed by atoms with Gasteiger partial charge in [-0.25, -0.2) is 9.97 Å². The summed E-state index contributed by atoms with van der Waals surface area (Å²) in [6.07, 6.45) is 0. The Balaban J connectivity index is 1.03. The van der Waals surface area contributed by atoms with Crippen LogP contribution in [0.5, 0.6) is 0 Å². The van der Waals surface area contributed by atoms with Crippen LogP contribution in [0.3, 0.4) is 0 Å². The van der Waals surface area contributed by atoms with Crippen LogP contribution in [-0.2, 0) is 5.41 Å². The molecule has 67 heavy (non-hydrogen) atoms. The molecule has 0 amide bonds. The highest BCUT2D eigenvalue weighted by Crippen LogP contribution is 2.59. The summed E-state index contributed by atoms with van der Waals surface area (Å²) in [6.45, 7) is 0. The molecule has 13 aromatic rings. The molecule has 2 aromatic heterocycles. The Bertz CT molecular complexity index is 4100. The second kappa shape index (κ2) is 14.7. The summed E-state index contributed by atoms with van der Waals surface area (Å²) in [5.41, 5.74) is 15.5. The summed E-state index contributed by atoms with van der Waals surface area (Å²) in [5.74, 6) is 0. The van der Waals surface area contributed by atoms with E-state index in [1.54, 1.807) is 0 Å². The summed E-state index contributed by atoms with van der Waals surface area (Å²) in [7, 11) is 0. The molecule has 2 heteroatoms. The summed E-state index contributed by atoms with van der Waals surface area (Å²) < 4.78 is 0. The lowest BCUT2D eigenvalue weighted by Crippen LogP contribution is -2.28. The predicted molar refractivity (Wildman–Crippen MR) is 281 cm³/mol. The highest BCUT2D eigenvalue weighted by atomic mass is 14.8. The zero-order chi connectivity index (χ0) is 44.1. The SMILES string of the molecule is c1ccc(-c2ccc3ccc4ccc(-c5ccc(-c6cc7ccc8c(c7c7ccccc67)C(c6ccccc6)(c6ccccc6)c6ccccc6-8)c6cc7ccccc7cc56)nc4c3n2)cc1. The van der Waals surface area contributed by atoms with Gasteiger partial charge in [0, 0.05) is 21.9 Å². The minimum absolute atomic E-state index is 0.525. The summed E-state index contributed by atoms with van der Waals surface area (Å²) in [5, 5.41) is 11.9. The van der Waals surface area contributed by atoms with Crippen molar-refractivity contribution in [2.24, 2.45) is 0 Å². The fraction of sp³-hybridized carbons (Fsp3) is 0.0154. The molecule has 14 rings (SSSR count). The molecule has 1 aliphatic rings. The van der Waals surface area contributed by atoms with E-state index in [4.69, 9.17) is 9.97 Å². The van der Waals surface area contributed by atoms with E-state index in [9.17, 15) is 0 Å². The van der Waals surface area contributed by atoms with Crippen molar-refractivity contribution in [2.45, 2.75) is 5.41 Å². The molecule has 2 nitrogen and oxygen atoms in total. The topological polar surface area (TPSA) is 25.8 Å². The Morgan fingerprint density at radius 3 is 1.49 bits per heavy atom. The third kappa shape index (κ3) is 5.57. The minimum atomic E-state index is -0.525. The lowest BCUT2D eigenvalue weighted by atomic mass is 9.66. The van der Waals surface area contributed by atoms with Crippen molar-refractivity contribution in [1.29, 1.82) is 0 Å². The van der Waals surface area contributed by atoms with Crippen LogP contribution in [0, 0.1) is 0 Å². The molecule has 0 fully saturated rings. The van der Waals surface area contributed by atoms with Gasteiger partial charge >= 0.3 is 0 Å². The molecule has 0 aliphatic heterocycles. The smallest absolute Gasteiger partial charge is 0.0972 e. The summed E-state index contributed by atoms with van der Waals surface area (Å²) >= 11 is 0. The molecule has 0 saturated heterocycles. The Hall–Kier alpha value is -8.72. The third-order valence-electron chi connectivity index (χ3n) is 14.5. The number of benzene rings is 11. The van der Waals surface area contributed by atoms with Gasteiger partial charge in [-0.3, -0.25) is 0 Å². The van der Waals surface area contributed by atoms with Crippen LogP contribution in [-0.4, -0.2) is 9.97 Å². The average molecular weight is 849 g/mol. The van der Waals surface area contributed by atoms with Crippen molar-refractivity contribution in [3.8, 4) is 44.8 Å². The van der Waals surface area contributed by atoms with Gasteiger partial charge in [-0.2, -0.15) is 0 Å². The lowest BCUT2D eigenvalue weighted by molar-refractivity contribution is 0.776. The van der Waals surface area contributed by atoms with Crippen molar-refractivity contribution >= 4 is 64.9 Å². The maximum Gasteiger partial charge on any atom is 0.0972 e. The van der Waals surface area contributed by atoms with Crippen LogP contribution in [0.2, 0.25) is 0 Å². The van der Waals surface area contributed by atoms with Gasteiger partial charge in [-0.1, -0.05) is 212 Å². The highest BCUT2D eigenvalue weighted by molar-refractivity contribution is 6.21. The van der Waals surface area contributed by atoms with E-state index in [-0.39, 0.29) is 0 Å². The van der Waals surface area contributed by atoms with Crippen LogP contribution in [0.25, 0.3) is 110 Å². The number of rotatable bonds is 5. The van der Waals surface area contributed by atoms with E-state index in [1.807, 2.05) is 6.07 Å². The quantitative estimate of drug-likeness (QED) is 0.127. The molecular weight excluding hydrogens is 809 g/mol. The molecule has 0 unspecified atom stereocenters. The minimum Gasteiger partial charge on any atom is -0.245 e. The maximum atomic E-state index is 5.48. The van der Waals surface area contributed by atoms with E-state index in [0.29, 0.717) is 0 Å². The normalized spacial score (nSPS) is 12.9. The molecule has 0 bridgehead atoms. The van der Waals surface area contributed by atoms with Crippen molar-refractivity contribution in [3.05, 3.63) is 265 Å². The van der Waals surface area contributed by atoms with Gasteiger partial charge in [0.25, 0.3) is 0 Å². The van der Waals surface area contributed by atoms with Gasteiger partial charge < -0.3 is 0 Å². The zero-order valence-electron chi connectivity index (χ0n) is 36.5. The molecule has 2 heterocycles. The standard InChI is InChI=1S/C65H40N2/c1-4-16-41(17-5-1)59-36-31-42-28-29-43-32-37-60(67-64(43)63(42)66-59)52-35-34-50(56-38-44-18-10-11-19-45(44)39-57(52)56)55-40-46-30-33-54-51-25-14-15-27-58(51)65(47-20-6-2-7-21-47,48-22-8-3-9-23-48)62(54)61(46)53-26-13-12-24-49(53)55/h1-40H. The van der Waals surface area contributed by atoms with Crippen LogP contribution in [0.15, 0.2) is 243 Å². The number of fused-ring (bicyclic) bond motifs is 12. The molecule has 0 atom stereocenters. The second-order valence-corrected chi connectivity index (χ2v) is 18.0. The fourth-order valence-electron chi connectivity index (χ4n) is 11.5. The Morgan fingerprint density at radius 1 is 0.284 bits per heavy atom. The third-order valence-corrected chi connectivity index (χ3v) is 14.5. The first-order valence-corrected chi connectivity index (χ1v) is 23.1. The largest absolute Gasteiger partial charge is 0.245 e. The van der Waals surface area contributed by atoms with E-state index in [1.165, 1.54) is 87.6 Å². The van der Waals surface area contributed by atoms with Crippen molar-refractivity contribution in [2.75, 3.05) is 0 Å². The van der Waals surface area contributed by atoms with E-state index < -0.39 is 5.41 Å². The van der Waals surface area contributed by atoms with Gasteiger partial charge in [0.1, 0.15) is 0 Å². The first-order valence-electron chi connectivity index (χ1n) is 23.1. The Labute approximate surface area is 388 Å². The molecule has 11 aromatic carbocycles. The Morgan fingerprint density at radius 2 is 0.791 bits per heavy atom. The van der Waals surface area contributed by atoms with Gasteiger partial charge in [0.2, 0.25) is 0 Å². The first kappa shape index (κ1) is 37.6. The van der Waals surface area contributed by atoms with Gasteiger partial charge in [0.05, 0.1) is 27.8 Å². The molecule has 310 valence electrons. The Kier molecular flexibility index (Phi) is 8.23. The van der Waals surface area contributed by atoms with Crippen LogP contribution >= 0.6 is 0 Å². The predicted octanol–water partition coefficient (Wildman–Crippen LogP) is 16.8. The molecule has 0 radical (unpaired) electrons. The first-order chi connectivity index (χ1) is 33.2. The monoisotopic (exact) mass is 848 g/mol. The van der Waals surface area contributed by atoms with Crippen molar-refractivity contribution in [1.82, 2.24) is 9.97 Å². The highest BCUT2D eigenvalue weighted by Gasteiger charge is 2.47.